The van der Waals surface area contributed by atoms with E-state index in [-0.39, 0.29) is 11.4 Å². The highest BCUT2D eigenvalue weighted by Crippen LogP contribution is 2.19. The van der Waals surface area contributed by atoms with Crippen LogP contribution >= 0.6 is 0 Å². The summed E-state index contributed by atoms with van der Waals surface area (Å²) in [6, 6.07) is 3.15. The predicted molar refractivity (Wildman–Crippen MR) is 61.9 cm³/mol. The van der Waals surface area contributed by atoms with E-state index in [1.54, 1.807) is 0 Å². The summed E-state index contributed by atoms with van der Waals surface area (Å²) in [7, 11) is 1.86. The molecule has 0 bridgehead atoms. The van der Waals surface area contributed by atoms with Crippen LogP contribution in [0.5, 0.6) is 0 Å². The van der Waals surface area contributed by atoms with E-state index in [9.17, 15) is 8.78 Å². The first-order chi connectivity index (χ1) is 8.69. The van der Waals surface area contributed by atoms with Gasteiger partial charge < -0.3 is 9.84 Å². The van der Waals surface area contributed by atoms with Crippen LogP contribution in [-0.4, -0.2) is 23.7 Å². The summed E-state index contributed by atoms with van der Waals surface area (Å²) in [5.41, 5.74) is 0.274. The second-order valence-corrected chi connectivity index (χ2v) is 3.88. The molecule has 0 radical (unpaired) electrons. The standard InChI is InChI=1S/C12H13F2N3O/c1-15-4-2-3-11-16-12(17-18-11)8-5-9(13)7-10(14)6-8/h5-7,15H,2-4H2,1H3. The second-order valence-electron chi connectivity index (χ2n) is 3.88. The Hall–Kier alpha value is -1.82. The first-order valence-corrected chi connectivity index (χ1v) is 5.62. The molecule has 0 spiro atoms. The van der Waals surface area contributed by atoms with Crippen molar-refractivity contribution in [1.82, 2.24) is 15.5 Å². The van der Waals surface area contributed by atoms with Gasteiger partial charge in [-0.3, -0.25) is 0 Å². The molecule has 4 nitrogen and oxygen atoms in total. The van der Waals surface area contributed by atoms with E-state index < -0.39 is 11.6 Å². The Kier molecular flexibility index (Phi) is 3.99. The van der Waals surface area contributed by atoms with Crippen LogP contribution in [0.15, 0.2) is 22.7 Å². The number of nitrogens with one attached hydrogen (secondary N) is 1. The van der Waals surface area contributed by atoms with Crippen LogP contribution in [0, 0.1) is 11.6 Å². The van der Waals surface area contributed by atoms with Gasteiger partial charge in [-0.2, -0.15) is 4.98 Å². The third-order valence-electron chi connectivity index (χ3n) is 2.41. The number of halogens is 2. The summed E-state index contributed by atoms with van der Waals surface area (Å²) in [6.45, 7) is 0.840. The average molecular weight is 253 g/mol. The Morgan fingerprint density at radius 1 is 1.22 bits per heavy atom. The maximum atomic E-state index is 13.0. The van der Waals surface area contributed by atoms with Crippen LogP contribution in [0.1, 0.15) is 12.3 Å². The van der Waals surface area contributed by atoms with Crippen LogP contribution in [0.3, 0.4) is 0 Å². The quantitative estimate of drug-likeness (QED) is 0.830. The van der Waals surface area contributed by atoms with E-state index >= 15 is 0 Å². The molecule has 2 rings (SSSR count). The predicted octanol–water partition coefficient (Wildman–Crippen LogP) is 2.17. The molecule has 0 saturated carbocycles. The average Bonchev–Trinajstić information content (AvgIpc) is 2.77. The van der Waals surface area contributed by atoms with Crippen LogP contribution in [0.25, 0.3) is 11.4 Å². The van der Waals surface area contributed by atoms with Crippen molar-refractivity contribution < 1.29 is 13.3 Å². The molecule has 0 fully saturated rings. The monoisotopic (exact) mass is 253 g/mol. The normalized spacial score (nSPS) is 10.8. The fourth-order valence-corrected chi connectivity index (χ4v) is 1.57. The zero-order chi connectivity index (χ0) is 13.0. The van der Waals surface area contributed by atoms with Gasteiger partial charge in [0.2, 0.25) is 11.7 Å². The van der Waals surface area contributed by atoms with Crippen LogP contribution in [0.2, 0.25) is 0 Å². The van der Waals surface area contributed by atoms with Crippen molar-refractivity contribution in [3.8, 4) is 11.4 Å². The summed E-state index contributed by atoms with van der Waals surface area (Å²) in [4.78, 5) is 4.10. The van der Waals surface area contributed by atoms with Gasteiger partial charge in [-0.25, -0.2) is 8.78 Å². The zero-order valence-corrected chi connectivity index (χ0v) is 9.91. The molecule has 96 valence electrons. The van der Waals surface area contributed by atoms with Crippen molar-refractivity contribution in [2.45, 2.75) is 12.8 Å². The lowest BCUT2D eigenvalue weighted by molar-refractivity contribution is 0.375. The number of aromatic nitrogens is 2. The number of rotatable bonds is 5. The molecule has 0 aliphatic rings. The molecule has 0 atom stereocenters. The number of aryl methyl sites for hydroxylation is 1. The van der Waals surface area contributed by atoms with Crippen molar-refractivity contribution in [3.05, 3.63) is 35.7 Å². The van der Waals surface area contributed by atoms with Gasteiger partial charge in [0.15, 0.2) is 0 Å². The molecule has 0 aliphatic heterocycles. The Bertz CT molecular complexity index is 508. The molecule has 18 heavy (non-hydrogen) atoms. The molecule has 0 saturated heterocycles. The molecule has 6 heteroatoms. The Balaban J connectivity index is 2.13. The van der Waals surface area contributed by atoms with Gasteiger partial charge in [0, 0.05) is 18.1 Å². The summed E-state index contributed by atoms with van der Waals surface area (Å²) in [6.07, 6.45) is 1.49. The molecule has 0 aliphatic carbocycles. The maximum absolute atomic E-state index is 13.0. The SMILES string of the molecule is CNCCCc1nc(-c2cc(F)cc(F)c2)no1. The van der Waals surface area contributed by atoms with Crippen LogP contribution < -0.4 is 5.32 Å². The summed E-state index contributed by atoms with van der Waals surface area (Å²) < 4.78 is 31.1. The zero-order valence-electron chi connectivity index (χ0n) is 9.91. The number of hydrogen-bond acceptors (Lipinski definition) is 4. The lowest BCUT2D eigenvalue weighted by Crippen LogP contribution is -2.08. The molecule has 1 aromatic carbocycles. The Labute approximate surface area is 103 Å². The van der Waals surface area contributed by atoms with E-state index in [0.717, 1.165) is 19.0 Å². The smallest absolute Gasteiger partial charge is 0.227 e. The van der Waals surface area contributed by atoms with Crippen molar-refractivity contribution >= 4 is 0 Å². The summed E-state index contributed by atoms with van der Waals surface area (Å²) in [5.74, 6) is -0.657. The van der Waals surface area contributed by atoms with Crippen molar-refractivity contribution in [2.75, 3.05) is 13.6 Å². The minimum Gasteiger partial charge on any atom is -0.339 e. The van der Waals surface area contributed by atoms with E-state index in [1.807, 2.05) is 7.05 Å². The van der Waals surface area contributed by atoms with Crippen LogP contribution in [-0.2, 0) is 6.42 Å². The third-order valence-corrected chi connectivity index (χ3v) is 2.41. The first-order valence-electron chi connectivity index (χ1n) is 5.62. The molecule has 2 aromatic rings. The van der Waals surface area contributed by atoms with Gasteiger partial charge in [-0.1, -0.05) is 5.16 Å². The van der Waals surface area contributed by atoms with Gasteiger partial charge in [-0.15, -0.1) is 0 Å². The topological polar surface area (TPSA) is 51.0 Å². The van der Waals surface area contributed by atoms with E-state index in [0.29, 0.717) is 12.3 Å². The number of nitrogens with zero attached hydrogens (tertiary/aromatic N) is 2. The molecule has 1 N–H and O–H groups in total. The van der Waals surface area contributed by atoms with Crippen molar-refractivity contribution in [2.24, 2.45) is 0 Å². The molecule has 0 unspecified atom stereocenters. The molecule has 0 amide bonds. The van der Waals surface area contributed by atoms with Crippen molar-refractivity contribution in [1.29, 1.82) is 0 Å². The van der Waals surface area contributed by atoms with Gasteiger partial charge in [0.1, 0.15) is 11.6 Å². The van der Waals surface area contributed by atoms with Gasteiger partial charge >= 0.3 is 0 Å². The summed E-state index contributed by atoms with van der Waals surface area (Å²) in [5, 5.41) is 6.71. The lowest BCUT2D eigenvalue weighted by atomic mass is 10.2. The molecule has 1 aromatic heterocycles. The largest absolute Gasteiger partial charge is 0.339 e. The number of hydrogen-bond donors (Lipinski definition) is 1. The van der Waals surface area contributed by atoms with E-state index in [1.165, 1.54) is 12.1 Å². The fourth-order valence-electron chi connectivity index (χ4n) is 1.57. The molecular formula is C12H13F2N3O. The fraction of sp³-hybridized carbons (Fsp3) is 0.333. The summed E-state index contributed by atoms with van der Waals surface area (Å²) >= 11 is 0. The highest BCUT2D eigenvalue weighted by molar-refractivity contribution is 5.54. The highest BCUT2D eigenvalue weighted by Gasteiger charge is 2.10. The van der Waals surface area contributed by atoms with Gasteiger partial charge in [0.05, 0.1) is 0 Å². The number of benzene rings is 1. The molecule has 1 heterocycles. The highest BCUT2D eigenvalue weighted by atomic mass is 19.1. The third kappa shape index (κ3) is 3.10. The minimum absolute atomic E-state index is 0.202. The lowest BCUT2D eigenvalue weighted by Gasteiger charge is -1.95. The van der Waals surface area contributed by atoms with Gasteiger partial charge in [0.25, 0.3) is 0 Å². The van der Waals surface area contributed by atoms with Gasteiger partial charge in [-0.05, 0) is 32.1 Å². The second kappa shape index (κ2) is 5.68. The van der Waals surface area contributed by atoms with E-state index in [2.05, 4.69) is 15.5 Å². The molecular weight excluding hydrogens is 240 g/mol. The first kappa shape index (κ1) is 12.6. The van der Waals surface area contributed by atoms with Crippen LogP contribution in [0.4, 0.5) is 8.78 Å². The Morgan fingerprint density at radius 3 is 2.61 bits per heavy atom. The maximum Gasteiger partial charge on any atom is 0.227 e. The Morgan fingerprint density at radius 2 is 1.94 bits per heavy atom. The van der Waals surface area contributed by atoms with Crippen molar-refractivity contribution in [3.63, 3.8) is 0 Å². The minimum atomic E-state index is -0.661. The van der Waals surface area contributed by atoms with E-state index in [4.69, 9.17) is 4.52 Å².